The number of nitrogens with one attached hydrogen (secondary N) is 3. The first-order valence-corrected chi connectivity index (χ1v) is 6.78. The largest absolute Gasteiger partial charge is 0.366 e. The quantitative estimate of drug-likeness (QED) is 0.656. The zero-order valence-corrected chi connectivity index (χ0v) is 11.3. The van der Waals surface area contributed by atoms with E-state index >= 15 is 0 Å². The molecule has 0 saturated heterocycles. The van der Waals surface area contributed by atoms with Crippen molar-refractivity contribution in [2.24, 2.45) is 0 Å². The molecule has 0 bridgehead atoms. The van der Waals surface area contributed by atoms with Crippen LogP contribution < -0.4 is 16.3 Å². The lowest BCUT2D eigenvalue weighted by Gasteiger charge is -2.07. The van der Waals surface area contributed by atoms with Crippen molar-refractivity contribution in [2.45, 2.75) is 19.6 Å². The lowest BCUT2D eigenvalue weighted by atomic mass is 10.1. The van der Waals surface area contributed by atoms with Crippen molar-refractivity contribution in [2.75, 3.05) is 5.32 Å². The van der Waals surface area contributed by atoms with Gasteiger partial charge in [-0.05, 0) is 16.7 Å². The maximum atomic E-state index is 11.4. The molecule has 1 aromatic carbocycles. The van der Waals surface area contributed by atoms with Crippen LogP contribution in [0.1, 0.15) is 16.7 Å². The fourth-order valence-corrected chi connectivity index (χ4v) is 2.56. The molecule has 2 aromatic heterocycles. The number of rotatable bonds is 3. The number of nitrogens with zero attached hydrogens (tertiary/aromatic N) is 3. The maximum Gasteiger partial charge on any atom is 0.348 e. The molecule has 3 heterocycles. The van der Waals surface area contributed by atoms with E-state index in [9.17, 15) is 4.79 Å². The van der Waals surface area contributed by atoms with Crippen molar-refractivity contribution in [3.8, 4) is 0 Å². The van der Waals surface area contributed by atoms with E-state index in [0.29, 0.717) is 18.0 Å². The first-order valence-electron chi connectivity index (χ1n) is 6.78. The van der Waals surface area contributed by atoms with Gasteiger partial charge in [0.15, 0.2) is 5.65 Å². The van der Waals surface area contributed by atoms with Gasteiger partial charge in [0.05, 0.1) is 0 Å². The second-order valence-electron chi connectivity index (χ2n) is 5.09. The van der Waals surface area contributed by atoms with Gasteiger partial charge in [-0.25, -0.2) is 19.3 Å². The Hall–Kier alpha value is -2.67. The summed E-state index contributed by atoms with van der Waals surface area (Å²) in [5, 5.41) is 12.9. The Kier molecular flexibility index (Phi) is 2.71. The van der Waals surface area contributed by atoms with Gasteiger partial charge in [0.1, 0.15) is 12.1 Å². The van der Waals surface area contributed by atoms with Crippen LogP contribution in [0.2, 0.25) is 0 Å². The Morgan fingerprint density at radius 2 is 2.14 bits per heavy atom. The zero-order chi connectivity index (χ0) is 14.2. The van der Waals surface area contributed by atoms with Gasteiger partial charge >= 0.3 is 5.69 Å². The summed E-state index contributed by atoms with van der Waals surface area (Å²) < 4.78 is 1.37. The number of benzene rings is 1. The Morgan fingerprint density at radius 1 is 1.24 bits per heavy atom. The number of fused-ring (bicyclic) bond motifs is 2. The summed E-state index contributed by atoms with van der Waals surface area (Å²) in [6, 6.07) is 8.24. The SMILES string of the molecule is O=c1[nH]nc2cc(NCc3ccc4c(c3)CNC4)ncn12. The standard InChI is InChI=1S/C14H14N6O/c21-14-19-18-13-4-12(17-8-20(13)14)16-5-9-1-2-10-6-15-7-11(10)3-9/h1-4,8,15-16H,5-7H2,(H,19,21). The van der Waals surface area contributed by atoms with Gasteiger partial charge in [0.2, 0.25) is 0 Å². The molecule has 21 heavy (non-hydrogen) atoms. The van der Waals surface area contributed by atoms with E-state index < -0.39 is 0 Å². The van der Waals surface area contributed by atoms with E-state index in [1.54, 1.807) is 6.07 Å². The molecule has 4 rings (SSSR count). The molecule has 1 aliphatic heterocycles. The smallest absolute Gasteiger partial charge is 0.348 e. The van der Waals surface area contributed by atoms with Crippen molar-refractivity contribution < 1.29 is 0 Å². The number of aromatic nitrogens is 4. The van der Waals surface area contributed by atoms with Crippen LogP contribution in [0, 0.1) is 0 Å². The topological polar surface area (TPSA) is 87.1 Å². The van der Waals surface area contributed by atoms with Crippen LogP contribution in [0.5, 0.6) is 0 Å². The Morgan fingerprint density at radius 3 is 3.10 bits per heavy atom. The Balaban J connectivity index is 1.53. The molecular formula is C14H14N6O. The van der Waals surface area contributed by atoms with Crippen LogP contribution >= 0.6 is 0 Å². The number of aromatic amines is 1. The molecule has 0 amide bonds. The molecule has 106 valence electrons. The molecule has 0 unspecified atom stereocenters. The van der Waals surface area contributed by atoms with Crippen molar-refractivity contribution in [1.82, 2.24) is 24.9 Å². The predicted molar refractivity (Wildman–Crippen MR) is 77.9 cm³/mol. The van der Waals surface area contributed by atoms with Crippen molar-refractivity contribution in [1.29, 1.82) is 0 Å². The highest BCUT2D eigenvalue weighted by molar-refractivity contribution is 5.48. The Labute approximate surface area is 120 Å². The summed E-state index contributed by atoms with van der Waals surface area (Å²) in [5.41, 5.74) is 4.20. The number of hydrogen-bond acceptors (Lipinski definition) is 5. The third-order valence-electron chi connectivity index (χ3n) is 3.69. The molecule has 0 radical (unpaired) electrons. The lowest BCUT2D eigenvalue weighted by molar-refractivity contribution is 0.764. The van der Waals surface area contributed by atoms with E-state index in [1.807, 2.05) is 0 Å². The molecular weight excluding hydrogens is 268 g/mol. The number of H-pyrrole nitrogens is 1. The van der Waals surface area contributed by atoms with Gasteiger partial charge in [-0.1, -0.05) is 18.2 Å². The third kappa shape index (κ3) is 2.17. The summed E-state index contributed by atoms with van der Waals surface area (Å²) >= 11 is 0. The number of anilines is 1. The van der Waals surface area contributed by atoms with Crippen LogP contribution in [0.4, 0.5) is 5.82 Å². The van der Waals surface area contributed by atoms with Gasteiger partial charge in [-0.3, -0.25) is 0 Å². The van der Waals surface area contributed by atoms with E-state index in [0.717, 1.165) is 13.1 Å². The van der Waals surface area contributed by atoms with Gasteiger partial charge in [0.25, 0.3) is 0 Å². The van der Waals surface area contributed by atoms with Gasteiger partial charge in [0, 0.05) is 25.7 Å². The second kappa shape index (κ2) is 4.71. The fourth-order valence-electron chi connectivity index (χ4n) is 2.56. The highest BCUT2D eigenvalue weighted by atomic mass is 16.1. The van der Waals surface area contributed by atoms with Gasteiger partial charge < -0.3 is 10.6 Å². The summed E-state index contributed by atoms with van der Waals surface area (Å²) in [6.07, 6.45) is 1.47. The van der Waals surface area contributed by atoms with Gasteiger partial charge in [-0.15, -0.1) is 0 Å². The Bertz CT molecular complexity index is 865. The van der Waals surface area contributed by atoms with Crippen LogP contribution in [0.25, 0.3) is 5.65 Å². The summed E-state index contributed by atoms with van der Waals surface area (Å²) in [5.74, 6) is 0.695. The predicted octanol–water partition coefficient (Wildman–Crippen LogP) is 0.633. The van der Waals surface area contributed by atoms with Crippen molar-refractivity contribution in [3.63, 3.8) is 0 Å². The highest BCUT2D eigenvalue weighted by Crippen LogP contribution is 2.17. The molecule has 0 saturated carbocycles. The summed E-state index contributed by atoms with van der Waals surface area (Å²) in [6.45, 7) is 2.57. The highest BCUT2D eigenvalue weighted by Gasteiger charge is 2.10. The molecule has 1 aliphatic rings. The molecule has 0 aliphatic carbocycles. The van der Waals surface area contributed by atoms with Crippen LogP contribution in [-0.2, 0) is 19.6 Å². The average Bonchev–Trinajstić information content (AvgIpc) is 3.11. The normalized spacial score (nSPS) is 13.5. The summed E-state index contributed by atoms with van der Waals surface area (Å²) in [7, 11) is 0. The first kappa shape index (κ1) is 12.1. The van der Waals surface area contributed by atoms with E-state index in [1.165, 1.54) is 27.4 Å². The number of hydrogen-bond donors (Lipinski definition) is 3. The summed E-state index contributed by atoms with van der Waals surface area (Å²) in [4.78, 5) is 15.6. The molecule has 3 aromatic rings. The molecule has 0 spiro atoms. The van der Waals surface area contributed by atoms with Crippen molar-refractivity contribution in [3.05, 3.63) is 57.8 Å². The second-order valence-corrected chi connectivity index (χ2v) is 5.09. The molecule has 0 fully saturated rings. The molecule has 0 atom stereocenters. The van der Waals surface area contributed by atoms with Crippen molar-refractivity contribution >= 4 is 11.5 Å². The fraction of sp³-hybridized carbons (Fsp3) is 0.214. The zero-order valence-electron chi connectivity index (χ0n) is 11.3. The third-order valence-corrected chi connectivity index (χ3v) is 3.69. The maximum absolute atomic E-state index is 11.4. The van der Waals surface area contributed by atoms with Crippen LogP contribution in [0.3, 0.4) is 0 Å². The molecule has 7 nitrogen and oxygen atoms in total. The van der Waals surface area contributed by atoms with Crippen LogP contribution in [-0.4, -0.2) is 19.6 Å². The minimum atomic E-state index is -0.282. The first-order chi connectivity index (χ1) is 10.3. The minimum absolute atomic E-state index is 0.282. The van der Waals surface area contributed by atoms with E-state index in [-0.39, 0.29) is 5.69 Å². The molecule has 3 N–H and O–H groups in total. The lowest BCUT2D eigenvalue weighted by Crippen LogP contribution is -2.10. The molecule has 7 heteroatoms. The van der Waals surface area contributed by atoms with E-state index in [2.05, 4.69) is 44.0 Å². The monoisotopic (exact) mass is 282 g/mol. The van der Waals surface area contributed by atoms with E-state index in [4.69, 9.17) is 0 Å². The minimum Gasteiger partial charge on any atom is -0.366 e. The average molecular weight is 282 g/mol. The van der Waals surface area contributed by atoms with Crippen LogP contribution in [0.15, 0.2) is 35.4 Å². The van der Waals surface area contributed by atoms with Gasteiger partial charge in [-0.2, -0.15) is 5.10 Å².